The van der Waals surface area contributed by atoms with E-state index >= 15 is 0 Å². The molecule has 3 heteroatoms. The van der Waals surface area contributed by atoms with Crippen molar-refractivity contribution in [2.24, 2.45) is 4.99 Å². The lowest BCUT2D eigenvalue weighted by atomic mass is 9.97. The second-order valence-electron chi connectivity index (χ2n) is 5.14. The van der Waals surface area contributed by atoms with Crippen molar-refractivity contribution in [3.05, 3.63) is 71.3 Å². The van der Waals surface area contributed by atoms with E-state index in [2.05, 4.69) is 10.3 Å². The molecular weight excluding hydrogens is 260 g/mol. The first kappa shape index (κ1) is 13.6. The largest absolute Gasteiger partial charge is 0.370 e. The zero-order valence-corrected chi connectivity index (χ0v) is 11.9. The van der Waals surface area contributed by atoms with Crippen LogP contribution in [0.15, 0.2) is 59.6 Å². The number of hydrogen-bond acceptors (Lipinski definition) is 3. The van der Waals surface area contributed by atoms with Gasteiger partial charge >= 0.3 is 0 Å². The molecule has 0 fully saturated rings. The molecule has 0 atom stereocenters. The third-order valence-corrected chi connectivity index (χ3v) is 3.59. The molecule has 1 heterocycles. The minimum Gasteiger partial charge on any atom is -0.370 e. The molecule has 1 aliphatic rings. The smallest absolute Gasteiger partial charge is 0.167 e. The molecular formula is C18H18N2O. The van der Waals surface area contributed by atoms with Crippen molar-refractivity contribution in [2.45, 2.75) is 12.8 Å². The molecule has 0 spiro atoms. The summed E-state index contributed by atoms with van der Waals surface area (Å²) in [5.74, 6) is 0.977. The first-order valence-corrected chi connectivity index (χ1v) is 7.29. The van der Waals surface area contributed by atoms with E-state index in [1.54, 1.807) is 0 Å². The molecule has 0 saturated heterocycles. The Morgan fingerprint density at radius 1 is 1.05 bits per heavy atom. The van der Waals surface area contributed by atoms with Gasteiger partial charge in [0.15, 0.2) is 5.78 Å². The number of amidine groups is 1. The zero-order chi connectivity index (χ0) is 14.5. The van der Waals surface area contributed by atoms with E-state index in [9.17, 15) is 4.79 Å². The molecule has 0 saturated carbocycles. The molecule has 3 rings (SSSR count). The van der Waals surface area contributed by atoms with Gasteiger partial charge in [0.1, 0.15) is 5.84 Å². The molecule has 0 amide bonds. The summed E-state index contributed by atoms with van der Waals surface area (Å²) in [6, 6.07) is 17.6. The van der Waals surface area contributed by atoms with Crippen molar-refractivity contribution in [1.82, 2.24) is 5.32 Å². The summed E-state index contributed by atoms with van der Waals surface area (Å²) >= 11 is 0. The Morgan fingerprint density at radius 3 is 2.57 bits per heavy atom. The zero-order valence-electron chi connectivity index (χ0n) is 11.9. The van der Waals surface area contributed by atoms with Crippen LogP contribution in [0.25, 0.3) is 0 Å². The molecule has 0 aromatic heterocycles. The number of nitrogens with one attached hydrogen (secondary N) is 1. The van der Waals surface area contributed by atoms with Gasteiger partial charge in [-0.2, -0.15) is 0 Å². The van der Waals surface area contributed by atoms with E-state index in [1.807, 2.05) is 54.6 Å². The van der Waals surface area contributed by atoms with Crippen molar-refractivity contribution in [3.63, 3.8) is 0 Å². The van der Waals surface area contributed by atoms with Crippen molar-refractivity contribution in [2.75, 3.05) is 13.1 Å². The molecule has 0 bridgehead atoms. The van der Waals surface area contributed by atoms with Crippen LogP contribution in [0.4, 0.5) is 0 Å². The maximum atomic E-state index is 12.6. The second kappa shape index (κ2) is 6.35. The number of Topliss-reactive ketones (excluding diaryl/α,β-unsaturated/α-hetero) is 1. The van der Waals surface area contributed by atoms with Crippen LogP contribution in [0.5, 0.6) is 0 Å². The van der Waals surface area contributed by atoms with Gasteiger partial charge in [0.2, 0.25) is 0 Å². The molecule has 0 aliphatic carbocycles. The molecule has 21 heavy (non-hydrogen) atoms. The van der Waals surface area contributed by atoms with Gasteiger partial charge in [0.05, 0.1) is 0 Å². The molecule has 1 N–H and O–H groups in total. The molecule has 0 radical (unpaired) electrons. The Morgan fingerprint density at radius 2 is 1.81 bits per heavy atom. The molecule has 1 aliphatic heterocycles. The summed E-state index contributed by atoms with van der Waals surface area (Å²) < 4.78 is 0. The number of ketones is 1. The number of carbonyl (C=O) groups is 1. The van der Waals surface area contributed by atoms with Gasteiger partial charge in [0.25, 0.3) is 0 Å². The maximum Gasteiger partial charge on any atom is 0.167 e. The molecule has 0 unspecified atom stereocenters. The lowest BCUT2D eigenvalue weighted by molar-refractivity contribution is 0.0993. The first-order valence-electron chi connectivity index (χ1n) is 7.29. The van der Waals surface area contributed by atoms with Crippen LogP contribution < -0.4 is 5.32 Å². The number of carbonyl (C=O) groups excluding carboxylic acids is 1. The molecule has 106 valence electrons. The molecule has 3 nitrogen and oxygen atoms in total. The highest BCUT2D eigenvalue weighted by atomic mass is 16.1. The lowest BCUT2D eigenvalue weighted by Crippen LogP contribution is -2.31. The fourth-order valence-corrected chi connectivity index (χ4v) is 2.52. The Hall–Kier alpha value is -2.42. The van der Waals surface area contributed by atoms with E-state index in [0.717, 1.165) is 42.0 Å². The monoisotopic (exact) mass is 278 g/mol. The van der Waals surface area contributed by atoms with E-state index in [0.29, 0.717) is 6.42 Å². The Bertz CT molecular complexity index is 662. The summed E-state index contributed by atoms with van der Waals surface area (Å²) in [6.07, 6.45) is 1.47. The third kappa shape index (κ3) is 3.19. The third-order valence-electron chi connectivity index (χ3n) is 3.59. The number of nitrogens with zero attached hydrogens (tertiary/aromatic N) is 1. The summed E-state index contributed by atoms with van der Waals surface area (Å²) in [6.45, 7) is 1.74. The average molecular weight is 278 g/mol. The molecule has 2 aromatic rings. The van der Waals surface area contributed by atoms with Gasteiger partial charge in [-0.1, -0.05) is 54.6 Å². The number of hydrogen-bond donors (Lipinski definition) is 1. The van der Waals surface area contributed by atoms with Crippen LogP contribution in [-0.2, 0) is 6.42 Å². The maximum absolute atomic E-state index is 12.6. The van der Waals surface area contributed by atoms with E-state index in [1.165, 1.54) is 0 Å². The van der Waals surface area contributed by atoms with Crippen molar-refractivity contribution in [3.8, 4) is 0 Å². The van der Waals surface area contributed by atoms with E-state index in [-0.39, 0.29) is 5.78 Å². The van der Waals surface area contributed by atoms with Crippen LogP contribution in [0.1, 0.15) is 27.9 Å². The van der Waals surface area contributed by atoms with Crippen molar-refractivity contribution < 1.29 is 4.79 Å². The second-order valence-corrected chi connectivity index (χ2v) is 5.14. The quantitative estimate of drug-likeness (QED) is 0.874. The Labute approximate surface area is 124 Å². The summed E-state index contributed by atoms with van der Waals surface area (Å²) in [5.41, 5.74) is 2.70. The standard InChI is InChI=1S/C18H18N2O/c21-17(13-14-7-2-1-3-8-14)15-9-4-5-10-16(15)18-19-11-6-12-20-18/h1-5,7-10H,6,11-13H2,(H,19,20). The predicted molar refractivity (Wildman–Crippen MR) is 84.9 cm³/mol. The fraction of sp³-hybridized carbons (Fsp3) is 0.222. The Kier molecular flexibility index (Phi) is 4.10. The van der Waals surface area contributed by atoms with Crippen LogP contribution in [0.2, 0.25) is 0 Å². The fourth-order valence-electron chi connectivity index (χ4n) is 2.52. The highest BCUT2D eigenvalue weighted by Crippen LogP contribution is 2.14. The van der Waals surface area contributed by atoms with Gasteiger partial charge in [-0.3, -0.25) is 9.79 Å². The average Bonchev–Trinajstić information content (AvgIpc) is 2.56. The number of aliphatic imine (C=N–C) groups is 1. The van der Waals surface area contributed by atoms with Gasteiger partial charge < -0.3 is 5.32 Å². The van der Waals surface area contributed by atoms with Crippen molar-refractivity contribution in [1.29, 1.82) is 0 Å². The highest BCUT2D eigenvalue weighted by molar-refractivity contribution is 6.10. The number of benzene rings is 2. The highest BCUT2D eigenvalue weighted by Gasteiger charge is 2.16. The van der Waals surface area contributed by atoms with Crippen LogP contribution in [0, 0.1) is 0 Å². The van der Waals surface area contributed by atoms with Crippen LogP contribution in [0.3, 0.4) is 0 Å². The number of rotatable bonds is 4. The van der Waals surface area contributed by atoms with Crippen LogP contribution >= 0.6 is 0 Å². The minimum atomic E-state index is 0.131. The lowest BCUT2D eigenvalue weighted by Gasteiger charge is -2.17. The summed E-state index contributed by atoms with van der Waals surface area (Å²) in [5, 5.41) is 3.29. The van der Waals surface area contributed by atoms with E-state index in [4.69, 9.17) is 0 Å². The summed E-state index contributed by atoms with van der Waals surface area (Å²) in [7, 11) is 0. The summed E-state index contributed by atoms with van der Waals surface area (Å²) in [4.78, 5) is 17.1. The normalized spacial score (nSPS) is 14.2. The SMILES string of the molecule is O=C(Cc1ccccc1)c1ccccc1C1=NCCCN1. The van der Waals surface area contributed by atoms with Gasteiger partial charge in [-0.15, -0.1) is 0 Å². The first-order chi connectivity index (χ1) is 10.3. The molecule has 2 aromatic carbocycles. The van der Waals surface area contributed by atoms with Crippen LogP contribution in [-0.4, -0.2) is 24.7 Å². The Balaban J connectivity index is 1.88. The van der Waals surface area contributed by atoms with Gasteiger partial charge in [-0.25, -0.2) is 0 Å². The van der Waals surface area contributed by atoms with Gasteiger partial charge in [0, 0.05) is 30.6 Å². The minimum absolute atomic E-state index is 0.131. The van der Waals surface area contributed by atoms with Gasteiger partial charge in [-0.05, 0) is 12.0 Å². The van der Waals surface area contributed by atoms with Crippen molar-refractivity contribution >= 4 is 11.6 Å². The predicted octanol–water partition coefficient (Wildman–Crippen LogP) is 2.85. The van der Waals surface area contributed by atoms with E-state index < -0.39 is 0 Å². The topological polar surface area (TPSA) is 41.5 Å².